The highest BCUT2D eigenvalue weighted by molar-refractivity contribution is 6.09. The Balaban J connectivity index is 1.69. The molecule has 1 aliphatic heterocycles. The number of anilines is 2. The van der Waals surface area contributed by atoms with Crippen LogP contribution >= 0.6 is 0 Å². The van der Waals surface area contributed by atoms with Crippen molar-refractivity contribution in [2.24, 2.45) is 0 Å². The van der Waals surface area contributed by atoms with E-state index in [0.29, 0.717) is 16.8 Å². The highest BCUT2D eigenvalue weighted by Gasteiger charge is 2.20. The number of aromatic amines is 1. The minimum atomic E-state index is -0.257. The standard InChI is InChI=1S/C22H21N3O3/c1-14-10-21(27)24-19-6-5-16(12-17(14)19)23-22(28)18-11-15(13-26)4-7-20(18)25-8-2-3-9-25/h4-7,10-13H,2-3,8-9H2,1H3,(H,23,28)(H,24,27). The number of benzene rings is 2. The van der Waals surface area contributed by atoms with Gasteiger partial charge in [0.1, 0.15) is 6.29 Å². The van der Waals surface area contributed by atoms with Gasteiger partial charge in [-0.05, 0) is 61.7 Å². The van der Waals surface area contributed by atoms with E-state index < -0.39 is 0 Å². The zero-order chi connectivity index (χ0) is 19.7. The maximum Gasteiger partial charge on any atom is 0.257 e. The number of H-pyrrole nitrogens is 1. The molecule has 28 heavy (non-hydrogen) atoms. The van der Waals surface area contributed by atoms with Crippen LogP contribution in [0.1, 0.15) is 39.1 Å². The monoisotopic (exact) mass is 375 g/mol. The van der Waals surface area contributed by atoms with Gasteiger partial charge in [-0.15, -0.1) is 0 Å². The minimum Gasteiger partial charge on any atom is -0.371 e. The molecular weight excluding hydrogens is 354 g/mol. The Hall–Kier alpha value is -3.41. The minimum absolute atomic E-state index is 0.150. The molecule has 1 saturated heterocycles. The molecule has 0 aliphatic carbocycles. The smallest absolute Gasteiger partial charge is 0.257 e. The Labute approximate surface area is 162 Å². The van der Waals surface area contributed by atoms with E-state index in [1.54, 1.807) is 24.3 Å². The number of aldehydes is 1. The first kappa shape index (κ1) is 18.0. The summed E-state index contributed by atoms with van der Waals surface area (Å²) in [6.07, 6.45) is 2.94. The van der Waals surface area contributed by atoms with Crippen LogP contribution in [-0.2, 0) is 0 Å². The Bertz CT molecular complexity index is 1130. The fourth-order valence-electron chi connectivity index (χ4n) is 3.74. The molecule has 0 radical (unpaired) electrons. The summed E-state index contributed by atoms with van der Waals surface area (Å²) in [5.41, 5.74) is 3.87. The molecule has 0 atom stereocenters. The number of carbonyl (C=O) groups excluding carboxylic acids is 2. The summed E-state index contributed by atoms with van der Waals surface area (Å²) in [6, 6.07) is 12.1. The predicted octanol–water partition coefficient (Wildman–Crippen LogP) is 3.50. The summed E-state index contributed by atoms with van der Waals surface area (Å²) >= 11 is 0. The van der Waals surface area contributed by atoms with Gasteiger partial charge in [-0.2, -0.15) is 0 Å². The SMILES string of the molecule is Cc1cc(=O)[nH]c2ccc(NC(=O)c3cc(C=O)ccc3N3CCCC3)cc12. The van der Waals surface area contributed by atoms with E-state index >= 15 is 0 Å². The molecule has 2 heterocycles. The number of fused-ring (bicyclic) bond motifs is 1. The average molecular weight is 375 g/mol. The third-order valence-corrected chi connectivity index (χ3v) is 5.16. The lowest BCUT2D eigenvalue weighted by Gasteiger charge is -2.21. The van der Waals surface area contributed by atoms with Gasteiger partial charge in [0.15, 0.2) is 0 Å². The van der Waals surface area contributed by atoms with Gasteiger partial charge in [-0.1, -0.05) is 0 Å². The largest absolute Gasteiger partial charge is 0.371 e. The average Bonchev–Trinajstić information content (AvgIpc) is 3.22. The highest BCUT2D eigenvalue weighted by Crippen LogP contribution is 2.27. The van der Waals surface area contributed by atoms with Gasteiger partial charge in [0.2, 0.25) is 5.56 Å². The highest BCUT2D eigenvalue weighted by atomic mass is 16.1. The molecule has 2 N–H and O–H groups in total. The van der Waals surface area contributed by atoms with Gasteiger partial charge in [-0.25, -0.2) is 0 Å². The number of rotatable bonds is 4. The van der Waals surface area contributed by atoms with Gasteiger partial charge in [0, 0.05) is 47.0 Å². The molecule has 1 aromatic heterocycles. The molecular formula is C22H21N3O3. The second kappa shape index (κ2) is 7.31. The van der Waals surface area contributed by atoms with Crippen molar-refractivity contribution < 1.29 is 9.59 Å². The lowest BCUT2D eigenvalue weighted by molar-refractivity contribution is 0.102. The molecule has 1 aliphatic rings. The number of aromatic nitrogens is 1. The van der Waals surface area contributed by atoms with E-state index in [1.807, 2.05) is 19.1 Å². The van der Waals surface area contributed by atoms with Crippen LogP contribution in [0.15, 0.2) is 47.3 Å². The van der Waals surface area contributed by atoms with Gasteiger partial charge in [0.25, 0.3) is 5.91 Å². The van der Waals surface area contributed by atoms with Crippen LogP contribution in [-0.4, -0.2) is 30.3 Å². The molecule has 0 unspecified atom stereocenters. The molecule has 0 bridgehead atoms. The molecule has 142 valence electrons. The lowest BCUT2D eigenvalue weighted by Crippen LogP contribution is -2.23. The first-order chi connectivity index (χ1) is 13.5. The Morgan fingerprint density at radius 2 is 1.89 bits per heavy atom. The number of carbonyl (C=O) groups is 2. The van der Waals surface area contributed by atoms with Gasteiger partial charge >= 0.3 is 0 Å². The molecule has 2 aromatic carbocycles. The van der Waals surface area contributed by atoms with Crippen molar-refractivity contribution in [3.8, 4) is 0 Å². The van der Waals surface area contributed by atoms with Gasteiger partial charge in [-0.3, -0.25) is 14.4 Å². The van der Waals surface area contributed by atoms with Crippen molar-refractivity contribution in [2.45, 2.75) is 19.8 Å². The molecule has 0 saturated carbocycles. The van der Waals surface area contributed by atoms with E-state index in [2.05, 4.69) is 15.2 Å². The van der Waals surface area contributed by atoms with E-state index in [4.69, 9.17) is 0 Å². The molecule has 0 spiro atoms. The molecule has 6 heteroatoms. The van der Waals surface area contributed by atoms with Crippen LogP contribution in [0.3, 0.4) is 0 Å². The second-order valence-electron chi connectivity index (χ2n) is 7.12. The summed E-state index contributed by atoms with van der Waals surface area (Å²) < 4.78 is 0. The quantitative estimate of drug-likeness (QED) is 0.684. The topological polar surface area (TPSA) is 82.3 Å². The van der Waals surface area contributed by atoms with Crippen LogP contribution < -0.4 is 15.8 Å². The van der Waals surface area contributed by atoms with Crippen LogP contribution in [0, 0.1) is 6.92 Å². The van der Waals surface area contributed by atoms with Crippen molar-refractivity contribution in [1.82, 2.24) is 4.98 Å². The third-order valence-electron chi connectivity index (χ3n) is 5.16. The van der Waals surface area contributed by atoms with Crippen molar-refractivity contribution in [3.63, 3.8) is 0 Å². The van der Waals surface area contributed by atoms with E-state index in [-0.39, 0.29) is 11.5 Å². The molecule has 4 rings (SSSR count). The Morgan fingerprint density at radius 1 is 1.11 bits per heavy atom. The fourth-order valence-corrected chi connectivity index (χ4v) is 3.74. The summed E-state index contributed by atoms with van der Waals surface area (Å²) in [5, 5.41) is 3.81. The summed E-state index contributed by atoms with van der Waals surface area (Å²) in [4.78, 5) is 40.8. The van der Waals surface area contributed by atoms with Crippen LogP contribution in [0.5, 0.6) is 0 Å². The number of nitrogens with one attached hydrogen (secondary N) is 2. The Morgan fingerprint density at radius 3 is 2.64 bits per heavy atom. The number of pyridine rings is 1. The molecule has 3 aromatic rings. The fraction of sp³-hybridized carbons (Fsp3) is 0.227. The number of hydrogen-bond acceptors (Lipinski definition) is 4. The van der Waals surface area contributed by atoms with Gasteiger partial charge < -0.3 is 15.2 Å². The lowest BCUT2D eigenvalue weighted by atomic mass is 10.1. The normalized spacial score (nSPS) is 13.7. The second-order valence-corrected chi connectivity index (χ2v) is 7.12. The third kappa shape index (κ3) is 3.41. The molecule has 1 amide bonds. The first-order valence-electron chi connectivity index (χ1n) is 9.34. The zero-order valence-electron chi connectivity index (χ0n) is 15.6. The number of nitrogens with zero attached hydrogens (tertiary/aromatic N) is 1. The summed E-state index contributed by atoms with van der Waals surface area (Å²) in [7, 11) is 0. The Kier molecular flexibility index (Phi) is 4.69. The van der Waals surface area contributed by atoms with Crippen LogP contribution in [0.25, 0.3) is 10.9 Å². The number of aryl methyl sites for hydroxylation is 1. The molecule has 1 fully saturated rings. The van der Waals surface area contributed by atoms with Crippen molar-refractivity contribution in [3.05, 3.63) is 69.5 Å². The van der Waals surface area contributed by atoms with Crippen molar-refractivity contribution >= 4 is 34.5 Å². The maximum absolute atomic E-state index is 13.0. The van der Waals surface area contributed by atoms with E-state index in [9.17, 15) is 14.4 Å². The van der Waals surface area contributed by atoms with Crippen molar-refractivity contribution in [1.29, 1.82) is 0 Å². The molecule has 6 nitrogen and oxygen atoms in total. The van der Waals surface area contributed by atoms with Crippen LogP contribution in [0.2, 0.25) is 0 Å². The summed E-state index contributed by atoms with van der Waals surface area (Å²) in [5.74, 6) is -0.257. The maximum atomic E-state index is 13.0. The van der Waals surface area contributed by atoms with Crippen molar-refractivity contribution in [2.75, 3.05) is 23.3 Å². The van der Waals surface area contributed by atoms with Gasteiger partial charge in [0.05, 0.1) is 5.56 Å². The van der Waals surface area contributed by atoms with Crippen LogP contribution in [0.4, 0.5) is 11.4 Å². The summed E-state index contributed by atoms with van der Waals surface area (Å²) in [6.45, 7) is 3.68. The first-order valence-corrected chi connectivity index (χ1v) is 9.34. The number of amides is 1. The zero-order valence-corrected chi connectivity index (χ0v) is 15.6. The number of hydrogen-bond donors (Lipinski definition) is 2. The predicted molar refractivity (Wildman–Crippen MR) is 111 cm³/mol. The van der Waals surface area contributed by atoms with E-state index in [1.165, 1.54) is 6.07 Å². The van der Waals surface area contributed by atoms with E-state index in [0.717, 1.165) is 54.4 Å².